The van der Waals surface area contributed by atoms with Gasteiger partial charge in [0.25, 0.3) is 5.69 Å². The van der Waals surface area contributed by atoms with Crippen molar-refractivity contribution in [2.75, 3.05) is 13.7 Å². The van der Waals surface area contributed by atoms with E-state index in [1.54, 1.807) is 0 Å². The number of methoxy groups -OCH3 is 1. The number of non-ortho nitro benzene ring substituents is 1. The molecular formula is C16H12FNO6. The molecule has 0 saturated carbocycles. The molecule has 0 amide bonds. The van der Waals surface area contributed by atoms with Crippen molar-refractivity contribution < 1.29 is 28.4 Å². The Bertz CT molecular complexity index is 805. The number of ether oxygens (including phenoxy) is 2. The highest BCUT2D eigenvalue weighted by Crippen LogP contribution is 2.24. The zero-order valence-electron chi connectivity index (χ0n) is 12.5. The van der Waals surface area contributed by atoms with Crippen LogP contribution in [0, 0.1) is 15.9 Å². The first-order valence-electron chi connectivity index (χ1n) is 6.70. The number of carbonyl (C=O) groups excluding carboxylic acids is 2. The molecule has 0 unspecified atom stereocenters. The zero-order valence-corrected chi connectivity index (χ0v) is 12.5. The highest BCUT2D eigenvalue weighted by Gasteiger charge is 2.20. The van der Waals surface area contributed by atoms with Crippen LogP contribution >= 0.6 is 0 Å². The molecule has 0 atom stereocenters. The summed E-state index contributed by atoms with van der Waals surface area (Å²) < 4.78 is 22.9. The number of nitro groups is 1. The van der Waals surface area contributed by atoms with Gasteiger partial charge in [0.05, 0.1) is 12.0 Å². The lowest BCUT2D eigenvalue weighted by molar-refractivity contribution is -0.384. The topological polar surface area (TPSA) is 95.7 Å². The number of hydrogen-bond donors (Lipinski definition) is 0. The standard InChI is InChI=1S/C16H12FNO6/c1-23-15-6-5-12(18(21)22)8-13(15)16(20)24-9-14(19)10-3-2-4-11(17)7-10/h2-8H,9H2,1H3. The van der Waals surface area contributed by atoms with Crippen LogP contribution in [0.3, 0.4) is 0 Å². The van der Waals surface area contributed by atoms with Gasteiger partial charge in [-0.1, -0.05) is 12.1 Å². The van der Waals surface area contributed by atoms with Gasteiger partial charge in [0.15, 0.2) is 12.4 Å². The Labute approximate surface area is 135 Å². The summed E-state index contributed by atoms with van der Waals surface area (Å²) in [4.78, 5) is 34.0. The number of halogens is 1. The molecule has 0 saturated heterocycles. The molecule has 24 heavy (non-hydrogen) atoms. The van der Waals surface area contributed by atoms with Crippen molar-refractivity contribution in [2.24, 2.45) is 0 Å². The molecule has 0 aromatic heterocycles. The maximum Gasteiger partial charge on any atom is 0.342 e. The van der Waals surface area contributed by atoms with Crippen molar-refractivity contribution in [1.82, 2.24) is 0 Å². The predicted octanol–water partition coefficient (Wildman–Crippen LogP) is 2.78. The number of hydrogen-bond acceptors (Lipinski definition) is 6. The molecule has 0 spiro atoms. The molecule has 0 heterocycles. The number of benzene rings is 2. The first-order chi connectivity index (χ1) is 11.4. The third kappa shape index (κ3) is 3.92. The molecule has 7 nitrogen and oxygen atoms in total. The lowest BCUT2D eigenvalue weighted by Crippen LogP contribution is -2.15. The van der Waals surface area contributed by atoms with Gasteiger partial charge in [-0.2, -0.15) is 0 Å². The van der Waals surface area contributed by atoms with Crippen molar-refractivity contribution in [1.29, 1.82) is 0 Å². The second-order valence-electron chi connectivity index (χ2n) is 4.65. The van der Waals surface area contributed by atoms with Crippen molar-refractivity contribution in [3.8, 4) is 5.75 Å². The van der Waals surface area contributed by atoms with Crippen molar-refractivity contribution >= 4 is 17.4 Å². The number of nitro benzene ring substituents is 1. The number of nitrogens with zero attached hydrogens (tertiary/aromatic N) is 1. The smallest absolute Gasteiger partial charge is 0.342 e. The third-order valence-corrected chi connectivity index (χ3v) is 3.09. The van der Waals surface area contributed by atoms with E-state index in [-0.39, 0.29) is 22.6 Å². The molecule has 0 aliphatic heterocycles. The Morgan fingerprint density at radius 1 is 1.21 bits per heavy atom. The maximum atomic E-state index is 13.1. The number of rotatable bonds is 6. The van der Waals surface area contributed by atoms with Crippen LogP contribution in [0.4, 0.5) is 10.1 Å². The Morgan fingerprint density at radius 2 is 1.96 bits per heavy atom. The fraction of sp³-hybridized carbons (Fsp3) is 0.125. The van der Waals surface area contributed by atoms with E-state index >= 15 is 0 Å². The van der Waals surface area contributed by atoms with Gasteiger partial charge < -0.3 is 9.47 Å². The fourth-order valence-electron chi connectivity index (χ4n) is 1.92. The summed E-state index contributed by atoms with van der Waals surface area (Å²) in [6.45, 7) is -0.631. The van der Waals surface area contributed by atoms with E-state index < -0.39 is 29.1 Å². The zero-order chi connectivity index (χ0) is 17.7. The Balaban J connectivity index is 2.13. The summed E-state index contributed by atoms with van der Waals surface area (Å²) in [5.41, 5.74) is -0.452. The second kappa shape index (κ2) is 7.32. The first kappa shape index (κ1) is 17.1. The molecule has 0 aliphatic carbocycles. The molecule has 0 radical (unpaired) electrons. The fourth-order valence-corrected chi connectivity index (χ4v) is 1.92. The van der Waals surface area contributed by atoms with Crippen LogP contribution < -0.4 is 4.74 Å². The van der Waals surface area contributed by atoms with E-state index in [0.29, 0.717) is 0 Å². The molecule has 2 aromatic rings. The summed E-state index contributed by atoms with van der Waals surface area (Å²) in [5, 5.41) is 10.8. The Kier molecular flexibility index (Phi) is 5.20. The van der Waals surface area contributed by atoms with Gasteiger partial charge in [-0.3, -0.25) is 14.9 Å². The van der Waals surface area contributed by atoms with Crippen LogP contribution in [0.25, 0.3) is 0 Å². The van der Waals surface area contributed by atoms with Crippen molar-refractivity contribution in [3.63, 3.8) is 0 Å². The largest absolute Gasteiger partial charge is 0.496 e. The third-order valence-electron chi connectivity index (χ3n) is 3.09. The van der Waals surface area contributed by atoms with Gasteiger partial charge in [-0.05, 0) is 18.2 Å². The van der Waals surface area contributed by atoms with Gasteiger partial charge in [0.2, 0.25) is 0 Å². The molecule has 8 heteroatoms. The average Bonchev–Trinajstić information content (AvgIpc) is 2.58. The molecule has 2 aromatic carbocycles. The van der Waals surface area contributed by atoms with Crippen molar-refractivity contribution in [2.45, 2.75) is 0 Å². The number of esters is 1. The summed E-state index contributed by atoms with van der Waals surface area (Å²) in [6, 6.07) is 8.35. The number of carbonyl (C=O) groups is 2. The van der Waals surface area contributed by atoms with Gasteiger partial charge in [0.1, 0.15) is 17.1 Å². The van der Waals surface area contributed by atoms with Gasteiger partial charge in [-0.25, -0.2) is 9.18 Å². The Morgan fingerprint density at radius 3 is 2.58 bits per heavy atom. The van der Waals surface area contributed by atoms with E-state index in [0.717, 1.165) is 12.1 Å². The number of ketones is 1. The van der Waals surface area contributed by atoms with Crippen molar-refractivity contribution in [3.05, 3.63) is 69.5 Å². The summed E-state index contributed by atoms with van der Waals surface area (Å²) >= 11 is 0. The lowest BCUT2D eigenvalue weighted by Gasteiger charge is -2.08. The summed E-state index contributed by atoms with van der Waals surface area (Å²) in [5.74, 6) is -2.08. The van der Waals surface area contributed by atoms with Gasteiger partial charge in [-0.15, -0.1) is 0 Å². The molecular weight excluding hydrogens is 321 g/mol. The minimum Gasteiger partial charge on any atom is -0.496 e. The van der Waals surface area contributed by atoms with Gasteiger partial charge >= 0.3 is 5.97 Å². The highest BCUT2D eigenvalue weighted by atomic mass is 19.1. The quantitative estimate of drug-likeness (QED) is 0.349. The van der Waals surface area contributed by atoms with E-state index in [4.69, 9.17) is 9.47 Å². The van der Waals surface area contributed by atoms with E-state index in [1.165, 1.54) is 37.4 Å². The first-order valence-corrected chi connectivity index (χ1v) is 6.70. The molecule has 0 bridgehead atoms. The molecule has 0 aliphatic rings. The van der Waals surface area contributed by atoms with E-state index in [2.05, 4.69) is 0 Å². The normalized spacial score (nSPS) is 10.1. The Hall–Kier alpha value is -3.29. The van der Waals surface area contributed by atoms with Crippen LogP contribution in [0.2, 0.25) is 0 Å². The van der Waals surface area contributed by atoms with Crippen LogP contribution in [-0.4, -0.2) is 30.4 Å². The average molecular weight is 333 g/mol. The van der Waals surface area contributed by atoms with E-state index in [9.17, 15) is 24.1 Å². The second-order valence-corrected chi connectivity index (χ2v) is 4.65. The molecule has 0 N–H and O–H groups in total. The predicted molar refractivity (Wildman–Crippen MR) is 80.7 cm³/mol. The van der Waals surface area contributed by atoms with Crippen LogP contribution in [0.1, 0.15) is 20.7 Å². The van der Waals surface area contributed by atoms with Crippen LogP contribution in [0.15, 0.2) is 42.5 Å². The minimum absolute atomic E-state index is 0.0498. The molecule has 0 fully saturated rings. The van der Waals surface area contributed by atoms with Crippen LogP contribution in [0.5, 0.6) is 5.75 Å². The monoisotopic (exact) mass is 333 g/mol. The maximum absolute atomic E-state index is 13.1. The van der Waals surface area contributed by atoms with Crippen LogP contribution in [-0.2, 0) is 4.74 Å². The number of Topliss-reactive ketones (excluding diaryl/α,β-unsaturated/α-hetero) is 1. The minimum atomic E-state index is -0.958. The summed E-state index contributed by atoms with van der Waals surface area (Å²) in [7, 11) is 1.29. The van der Waals surface area contributed by atoms with Gasteiger partial charge in [0, 0.05) is 17.7 Å². The molecule has 2 rings (SSSR count). The van der Waals surface area contributed by atoms with E-state index in [1.807, 2.05) is 0 Å². The molecule has 124 valence electrons. The SMILES string of the molecule is COc1ccc([N+](=O)[O-])cc1C(=O)OCC(=O)c1cccc(F)c1. The lowest BCUT2D eigenvalue weighted by atomic mass is 10.1. The summed E-state index contributed by atoms with van der Waals surface area (Å²) in [6.07, 6.45) is 0. The highest BCUT2D eigenvalue weighted by molar-refractivity contribution is 6.00.